The fourth-order valence-electron chi connectivity index (χ4n) is 2.49. The van der Waals surface area contributed by atoms with Gasteiger partial charge < -0.3 is 21.5 Å². The molecule has 1 heterocycles. The number of urea groups is 1. The standard InChI is InChI=1S/C20H20N4O.CH4O/c21-19(17-4-2-1-3-5-17)14-23-20(25)24-18-8-6-15(7-9-18)16-10-12-22-13-11-16;1-2/h1-13,19H,14,21H2,(H2,23,24,25);2H,1H3. The second-order valence-corrected chi connectivity index (χ2v) is 5.67. The summed E-state index contributed by atoms with van der Waals surface area (Å²) in [4.78, 5) is 16.0. The minimum Gasteiger partial charge on any atom is -0.400 e. The number of anilines is 1. The lowest BCUT2D eigenvalue weighted by Crippen LogP contribution is -2.34. The SMILES string of the molecule is CO.NC(CNC(=O)Nc1ccc(-c2ccncc2)cc1)c1ccccc1. The van der Waals surface area contributed by atoms with Crippen LogP contribution in [0.2, 0.25) is 0 Å². The van der Waals surface area contributed by atoms with Crippen LogP contribution >= 0.6 is 0 Å². The van der Waals surface area contributed by atoms with Gasteiger partial charge in [-0.2, -0.15) is 0 Å². The van der Waals surface area contributed by atoms with E-state index in [0.29, 0.717) is 6.54 Å². The van der Waals surface area contributed by atoms with Gasteiger partial charge in [0, 0.05) is 37.8 Å². The van der Waals surface area contributed by atoms with Crippen molar-refractivity contribution in [2.75, 3.05) is 19.0 Å². The van der Waals surface area contributed by atoms with Crippen molar-refractivity contribution in [1.29, 1.82) is 0 Å². The summed E-state index contributed by atoms with van der Waals surface area (Å²) in [5.41, 5.74) is 9.94. The summed E-state index contributed by atoms with van der Waals surface area (Å²) in [6.07, 6.45) is 3.51. The number of aromatic nitrogens is 1. The summed E-state index contributed by atoms with van der Waals surface area (Å²) in [5.74, 6) is 0. The molecule has 0 aliphatic rings. The number of carbonyl (C=O) groups is 1. The maximum Gasteiger partial charge on any atom is 0.319 e. The van der Waals surface area contributed by atoms with Gasteiger partial charge >= 0.3 is 6.03 Å². The molecule has 0 spiro atoms. The van der Waals surface area contributed by atoms with Crippen LogP contribution < -0.4 is 16.4 Å². The maximum absolute atomic E-state index is 12.0. The molecule has 0 saturated carbocycles. The molecule has 27 heavy (non-hydrogen) atoms. The molecule has 1 unspecified atom stereocenters. The monoisotopic (exact) mass is 364 g/mol. The number of carbonyl (C=O) groups excluding carboxylic acids is 1. The largest absolute Gasteiger partial charge is 0.400 e. The molecule has 3 aromatic rings. The van der Waals surface area contributed by atoms with E-state index in [9.17, 15) is 4.79 Å². The first-order valence-electron chi connectivity index (χ1n) is 8.53. The Morgan fingerprint density at radius 1 is 0.963 bits per heavy atom. The summed E-state index contributed by atoms with van der Waals surface area (Å²) >= 11 is 0. The number of rotatable bonds is 5. The number of nitrogens with zero attached hydrogens (tertiary/aromatic N) is 1. The summed E-state index contributed by atoms with van der Waals surface area (Å²) < 4.78 is 0. The normalized spacial score (nSPS) is 10.9. The number of aliphatic hydroxyl groups is 1. The van der Waals surface area contributed by atoms with Crippen molar-refractivity contribution >= 4 is 11.7 Å². The summed E-state index contributed by atoms with van der Waals surface area (Å²) in [6, 6.07) is 20.7. The molecule has 6 heteroatoms. The summed E-state index contributed by atoms with van der Waals surface area (Å²) in [5, 5.41) is 12.6. The highest BCUT2D eigenvalue weighted by atomic mass is 16.2. The Bertz CT molecular complexity index is 809. The molecule has 3 rings (SSSR count). The Kier molecular flexibility index (Phi) is 7.96. The predicted molar refractivity (Wildman–Crippen MR) is 108 cm³/mol. The molecule has 0 aliphatic carbocycles. The molecular formula is C21H24N4O2. The molecule has 0 radical (unpaired) electrons. The van der Waals surface area contributed by atoms with Crippen molar-refractivity contribution in [2.45, 2.75) is 6.04 Å². The van der Waals surface area contributed by atoms with E-state index in [1.165, 1.54) is 0 Å². The lowest BCUT2D eigenvalue weighted by Gasteiger charge is -2.14. The minimum absolute atomic E-state index is 0.235. The zero-order valence-corrected chi connectivity index (χ0v) is 15.2. The Morgan fingerprint density at radius 3 is 2.19 bits per heavy atom. The van der Waals surface area contributed by atoms with Crippen LogP contribution in [0.5, 0.6) is 0 Å². The highest BCUT2D eigenvalue weighted by molar-refractivity contribution is 5.89. The van der Waals surface area contributed by atoms with Gasteiger partial charge in [0.15, 0.2) is 0 Å². The molecular weight excluding hydrogens is 340 g/mol. The van der Waals surface area contributed by atoms with Crippen molar-refractivity contribution in [1.82, 2.24) is 10.3 Å². The number of benzene rings is 2. The van der Waals surface area contributed by atoms with Crippen LogP contribution in [-0.2, 0) is 0 Å². The van der Waals surface area contributed by atoms with Gasteiger partial charge in [-0.25, -0.2) is 4.79 Å². The average Bonchev–Trinajstić information content (AvgIpc) is 2.75. The Labute approximate surface area is 159 Å². The number of hydrogen-bond donors (Lipinski definition) is 4. The van der Waals surface area contributed by atoms with E-state index in [1.54, 1.807) is 12.4 Å². The fraction of sp³-hybridized carbons (Fsp3) is 0.143. The highest BCUT2D eigenvalue weighted by Crippen LogP contribution is 2.20. The van der Waals surface area contributed by atoms with Crippen LogP contribution in [0, 0.1) is 0 Å². The summed E-state index contributed by atoms with van der Waals surface area (Å²) in [7, 11) is 1.00. The van der Waals surface area contributed by atoms with Crippen molar-refractivity contribution in [3.05, 3.63) is 84.7 Å². The first-order valence-corrected chi connectivity index (χ1v) is 8.53. The zero-order valence-electron chi connectivity index (χ0n) is 15.2. The summed E-state index contributed by atoms with van der Waals surface area (Å²) in [6.45, 7) is 0.366. The van der Waals surface area contributed by atoms with Crippen molar-refractivity contribution < 1.29 is 9.90 Å². The van der Waals surface area contributed by atoms with Gasteiger partial charge in [0.25, 0.3) is 0 Å². The first kappa shape index (κ1) is 20.1. The third-order valence-corrected chi connectivity index (χ3v) is 3.87. The molecule has 0 fully saturated rings. The molecule has 1 atom stereocenters. The quantitative estimate of drug-likeness (QED) is 0.559. The molecule has 5 N–H and O–H groups in total. The van der Waals surface area contributed by atoms with Crippen molar-refractivity contribution in [3.8, 4) is 11.1 Å². The maximum atomic E-state index is 12.0. The number of nitrogens with one attached hydrogen (secondary N) is 2. The number of nitrogens with two attached hydrogens (primary N) is 1. The van der Waals surface area contributed by atoms with Crippen LogP contribution in [0.15, 0.2) is 79.1 Å². The van der Waals surface area contributed by atoms with Crippen LogP contribution in [0.3, 0.4) is 0 Å². The molecule has 2 amide bonds. The van der Waals surface area contributed by atoms with Gasteiger partial charge in [-0.1, -0.05) is 42.5 Å². The third kappa shape index (κ3) is 6.22. The average molecular weight is 364 g/mol. The predicted octanol–water partition coefficient (Wildman–Crippen LogP) is 3.18. The van der Waals surface area contributed by atoms with Crippen LogP contribution in [0.25, 0.3) is 11.1 Å². The molecule has 6 nitrogen and oxygen atoms in total. The van der Waals surface area contributed by atoms with E-state index >= 15 is 0 Å². The molecule has 2 aromatic carbocycles. The number of aliphatic hydroxyl groups excluding tert-OH is 1. The molecule has 140 valence electrons. The van der Waals surface area contributed by atoms with Gasteiger partial charge in [0.1, 0.15) is 0 Å². The highest BCUT2D eigenvalue weighted by Gasteiger charge is 2.08. The van der Waals surface area contributed by atoms with E-state index in [-0.39, 0.29) is 12.1 Å². The zero-order chi connectivity index (χ0) is 19.5. The number of hydrogen-bond acceptors (Lipinski definition) is 4. The molecule has 0 bridgehead atoms. The van der Waals surface area contributed by atoms with Gasteiger partial charge in [-0.3, -0.25) is 4.98 Å². The molecule has 1 aromatic heterocycles. The van der Waals surface area contributed by atoms with Gasteiger partial charge in [0.05, 0.1) is 0 Å². The molecule has 0 saturated heterocycles. The number of amides is 2. The van der Waals surface area contributed by atoms with Crippen molar-refractivity contribution in [2.24, 2.45) is 5.73 Å². The van der Waals surface area contributed by atoms with E-state index in [2.05, 4.69) is 15.6 Å². The van der Waals surface area contributed by atoms with Gasteiger partial charge in [-0.15, -0.1) is 0 Å². The van der Waals surface area contributed by atoms with Gasteiger partial charge in [0.2, 0.25) is 0 Å². The van der Waals surface area contributed by atoms with Crippen LogP contribution in [-0.4, -0.2) is 29.8 Å². The fourth-order valence-corrected chi connectivity index (χ4v) is 2.49. The smallest absolute Gasteiger partial charge is 0.319 e. The van der Waals surface area contributed by atoms with E-state index in [1.807, 2.05) is 66.7 Å². The molecule has 0 aliphatic heterocycles. The Hall–Kier alpha value is -3.22. The second kappa shape index (κ2) is 10.7. The number of pyridine rings is 1. The first-order chi connectivity index (χ1) is 13.2. The lowest BCUT2D eigenvalue weighted by molar-refractivity contribution is 0.251. The Balaban J connectivity index is 0.00000126. The van der Waals surface area contributed by atoms with E-state index in [0.717, 1.165) is 29.5 Å². The van der Waals surface area contributed by atoms with E-state index in [4.69, 9.17) is 10.8 Å². The second-order valence-electron chi connectivity index (χ2n) is 5.67. The van der Waals surface area contributed by atoms with Crippen LogP contribution in [0.4, 0.5) is 10.5 Å². The minimum atomic E-state index is -0.275. The lowest BCUT2D eigenvalue weighted by atomic mass is 10.1. The topological polar surface area (TPSA) is 100 Å². The third-order valence-electron chi connectivity index (χ3n) is 3.87. The van der Waals surface area contributed by atoms with Crippen LogP contribution in [0.1, 0.15) is 11.6 Å². The van der Waals surface area contributed by atoms with E-state index < -0.39 is 0 Å². The Morgan fingerprint density at radius 2 is 1.56 bits per heavy atom. The van der Waals surface area contributed by atoms with Gasteiger partial charge in [-0.05, 0) is 41.0 Å². The van der Waals surface area contributed by atoms with Crippen molar-refractivity contribution in [3.63, 3.8) is 0 Å².